The molecule has 144 valence electrons. The number of aromatic nitrogens is 1. The van der Waals surface area contributed by atoms with E-state index in [0.717, 1.165) is 21.5 Å². The normalized spacial score (nSPS) is 10.6. The summed E-state index contributed by atoms with van der Waals surface area (Å²) in [5, 5.41) is 0. The number of esters is 1. The molecule has 0 spiro atoms. The zero-order valence-electron chi connectivity index (χ0n) is 15.9. The first-order valence-electron chi connectivity index (χ1n) is 8.70. The molecule has 0 aliphatic heterocycles. The van der Waals surface area contributed by atoms with Gasteiger partial charge in [0, 0.05) is 27.1 Å². The third kappa shape index (κ3) is 4.17. The number of hydrogen-bond donors (Lipinski definition) is 0. The lowest BCUT2D eigenvalue weighted by Gasteiger charge is -2.10. The van der Waals surface area contributed by atoms with Gasteiger partial charge >= 0.3 is 5.97 Å². The van der Waals surface area contributed by atoms with Crippen molar-refractivity contribution < 1.29 is 19.1 Å². The van der Waals surface area contributed by atoms with E-state index in [1.807, 2.05) is 48.7 Å². The molecule has 28 heavy (non-hydrogen) atoms. The maximum absolute atomic E-state index is 12.7. The Balaban J connectivity index is 1.75. The van der Waals surface area contributed by atoms with E-state index in [0.29, 0.717) is 16.9 Å². The van der Waals surface area contributed by atoms with Crippen LogP contribution in [0.25, 0.3) is 5.69 Å². The van der Waals surface area contributed by atoms with Crippen molar-refractivity contribution >= 4 is 27.7 Å². The van der Waals surface area contributed by atoms with Gasteiger partial charge in [-0.25, -0.2) is 4.79 Å². The maximum Gasteiger partial charge on any atom is 0.338 e. The number of hydrogen-bond acceptors (Lipinski definition) is 4. The predicted octanol–water partition coefficient (Wildman–Crippen LogP) is 4.90. The van der Waals surface area contributed by atoms with Crippen LogP contribution in [0.2, 0.25) is 0 Å². The van der Waals surface area contributed by atoms with Crippen molar-refractivity contribution in [1.82, 2.24) is 4.57 Å². The van der Waals surface area contributed by atoms with Crippen LogP contribution in [0.3, 0.4) is 0 Å². The third-order valence-electron chi connectivity index (χ3n) is 4.46. The molecule has 0 aliphatic carbocycles. The van der Waals surface area contributed by atoms with Gasteiger partial charge < -0.3 is 14.0 Å². The van der Waals surface area contributed by atoms with Crippen molar-refractivity contribution in [3.8, 4) is 11.4 Å². The number of rotatable bonds is 6. The number of nitrogens with zero attached hydrogens (tertiary/aromatic N) is 1. The summed E-state index contributed by atoms with van der Waals surface area (Å²) < 4.78 is 13.3. The molecule has 0 amide bonds. The zero-order valence-corrected chi connectivity index (χ0v) is 17.4. The molecular formula is C22H20BrNO4. The van der Waals surface area contributed by atoms with Gasteiger partial charge in [-0.1, -0.05) is 22.0 Å². The second-order valence-electron chi connectivity index (χ2n) is 6.33. The predicted molar refractivity (Wildman–Crippen MR) is 111 cm³/mol. The van der Waals surface area contributed by atoms with Gasteiger partial charge in [0.15, 0.2) is 6.61 Å². The Labute approximate surface area is 172 Å². The van der Waals surface area contributed by atoms with E-state index >= 15 is 0 Å². The van der Waals surface area contributed by atoms with Crippen LogP contribution >= 0.6 is 15.9 Å². The minimum Gasteiger partial charge on any atom is -0.497 e. The summed E-state index contributed by atoms with van der Waals surface area (Å²) >= 11 is 3.43. The quantitative estimate of drug-likeness (QED) is 0.402. The lowest BCUT2D eigenvalue weighted by atomic mass is 10.1. The van der Waals surface area contributed by atoms with Crippen molar-refractivity contribution in [2.75, 3.05) is 13.7 Å². The molecule has 0 saturated carbocycles. The number of carbonyl (C=O) groups excluding carboxylic acids is 2. The van der Waals surface area contributed by atoms with Crippen molar-refractivity contribution in [1.29, 1.82) is 0 Å². The average Bonchev–Trinajstić information content (AvgIpc) is 3.01. The summed E-state index contributed by atoms with van der Waals surface area (Å²) in [6.07, 6.45) is 0. The SMILES string of the molecule is COc1cccc(C(=O)OCC(=O)c2cc(C)n(-c3ccc(Br)cc3)c2C)c1. The highest BCUT2D eigenvalue weighted by atomic mass is 79.9. The van der Waals surface area contributed by atoms with E-state index in [1.54, 1.807) is 24.3 Å². The van der Waals surface area contributed by atoms with Crippen molar-refractivity contribution in [2.24, 2.45) is 0 Å². The number of ketones is 1. The molecule has 1 aromatic heterocycles. The zero-order chi connectivity index (χ0) is 20.3. The molecule has 1 heterocycles. The fourth-order valence-electron chi connectivity index (χ4n) is 3.07. The fourth-order valence-corrected chi connectivity index (χ4v) is 3.34. The molecule has 3 aromatic rings. The Morgan fingerprint density at radius 3 is 2.43 bits per heavy atom. The van der Waals surface area contributed by atoms with Crippen molar-refractivity contribution in [2.45, 2.75) is 13.8 Å². The van der Waals surface area contributed by atoms with Crippen molar-refractivity contribution in [3.63, 3.8) is 0 Å². The van der Waals surface area contributed by atoms with Crippen LogP contribution in [0.15, 0.2) is 59.1 Å². The molecular weight excluding hydrogens is 422 g/mol. The van der Waals surface area contributed by atoms with Gasteiger partial charge in [0.2, 0.25) is 5.78 Å². The summed E-state index contributed by atoms with van der Waals surface area (Å²) in [5.74, 6) is -0.250. The molecule has 0 saturated heterocycles. The summed E-state index contributed by atoms with van der Waals surface area (Å²) in [6.45, 7) is 3.50. The molecule has 2 aromatic carbocycles. The summed E-state index contributed by atoms with van der Waals surface area (Å²) in [7, 11) is 1.52. The van der Waals surface area contributed by atoms with Crippen LogP contribution in [-0.2, 0) is 4.74 Å². The van der Waals surface area contributed by atoms with E-state index in [1.165, 1.54) is 7.11 Å². The molecule has 0 unspecified atom stereocenters. The summed E-state index contributed by atoms with van der Waals surface area (Å²) in [6, 6.07) is 16.3. The van der Waals surface area contributed by atoms with Gasteiger partial charge in [0.05, 0.1) is 12.7 Å². The number of ether oxygens (including phenoxy) is 2. The van der Waals surface area contributed by atoms with E-state index in [9.17, 15) is 9.59 Å². The second kappa shape index (κ2) is 8.44. The Hall–Kier alpha value is -2.86. The molecule has 0 atom stereocenters. The number of carbonyl (C=O) groups is 2. The monoisotopic (exact) mass is 441 g/mol. The molecule has 0 N–H and O–H groups in total. The lowest BCUT2D eigenvalue weighted by molar-refractivity contribution is 0.0474. The topological polar surface area (TPSA) is 57.5 Å². The highest BCUT2D eigenvalue weighted by molar-refractivity contribution is 9.10. The fraction of sp³-hybridized carbons (Fsp3) is 0.182. The third-order valence-corrected chi connectivity index (χ3v) is 4.98. The number of aryl methyl sites for hydroxylation is 1. The van der Waals surface area contributed by atoms with Gasteiger partial charge in [-0.15, -0.1) is 0 Å². The Bertz CT molecular complexity index is 1020. The van der Waals surface area contributed by atoms with Crippen LogP contribution in [0.4, 0.5) is 0 Å². The lowest BCUT2D eigenvalue weighted by Crippen LogP contribution is -2.15. The summed E-state index contributed by atoms with van der Waals surface area (Å²) in [4.78, 5) is 24.9. The first-order valence-corrected chi connectivity index (χ1v) is 9.49. The van der Waals surface area contributed by atoms with E-state index in [4.69, 9.17) is 9.47 Å². The van der Waals surface area contributed by atoms with Crippen LogP contribution in [0.5, 0.6) is 5.75 Å². The molecule has 0 fully saturated rings. The highest BCUT2D eigenvalue weighted by Crippen LogP contribution is 2.23. The number of methoxy groups -OCH3 is 1. The van der Waals surface area contributed by atoms with Crippen LogP contribution in [0, 0.1) is 13.8 Å². The van der Waals surface area contributed by atoms with Crippen LogP contribution in [-0.4, -0.2) is 30.0 Å². The molecule has 6 heteroatoms. The first kappa shape index (κ1) is 19.9. The summed E-state index contributed by atoms with van der Waals surface area (Å²) in [5.41, 5.74) is 3.58. The minimum atomic E-state index is -0.561. The van der Waals surface area contributed by atoms with E-state index in [2.05, 4.69) is 15.9 Å². The molecule has 3 rings (SSSR count). The van der Waals surface area contributed by atoms with Gasteiger partial charge in [-0.05, 0) is 62.4 Å². The van der Waals surface area contributed by atoms with Gasteiger partial charge in [0.25, 0.3) is 0 Å². The van der Waals surface area contributed by atoms with Gasteiger partial charge in [-0.3, -0.25) is 4.79 Å². The molecule has 5 nitrogen and oxygen atoms in total. The van der Waals surface area contributed by atoms with Crippen LogP contribution in [0.1, 0.15) is 32.1 Å². The Morgan fingerprint density at radius 1 is 1.04 bits per heavy atom. The number of Topliss-reactive ketones (excluding diaryl/α,β-unsaturated/α-hetero) is 1. The minimum absolute atomic E-state index is 0.243. The molecule has 0 bridgehead atoms. The standard InChI is InChI=1S/C22H20BrNO4/c1-14-11-20(15(2)24(14)18-9-7-17(23)8-10-18)21(25)13-28-22(26)16-5-4-6-19(12-16)27-3/h4-12H,13H2,1-3H3. The average molecular weight is 442 g/mol. The molecule has 0 radical (unpaired) electrons. The van der Waals surface area contributed by atoms with Gasteiger partial charge in [-0.2, -0.15) is 0 Å². The largest absolute Gasteiger partial charge is 0.497 e. The van der Waals surface area contributed by atoms with Crippen molar-refractivity contribution in [3.05, 3.63) is 81.6 Å². The Morgan fingerprint density at radius 2 is 1.75 bits per heavy atom. The maximum atomic E-state index is 12.7. The first-order chi connectivity index (χ1) is 13.4. The van der Waals surface area contributed by atoms with E-state index < -0.39 is 5.97 Å². The molecule has 0 aliphatic rings. The smallest absolute Gasteiger partial charge is 0.338 e. The van der Waals surface area contributed by atoms with Crippen LogP contribution < -0.4 is 4.74 Å². The number of benzene rings is 2. The van der Waals surface area contributed by atoms with E-state index in [-0.39, 0.29) is 12.4 Å². The van der Waals surface area contributed by atoms with Gasteiger partial charge in [0.1, 0.15) is 5.75 Å². The number of halogens is 1. The second-order valence-corrected chi connectivity index (χ2v) is 7.24. The Kier molecular flexibility index (Phi) is 5.99. The highest BCUT2D eigenvalue weighted by Gasteiger charge is 2.19.